The van der Waals surface area contributed by atoms with Crippen LogP contribution in [0, 0.1) is 0 Å². The van der Waals surface area contributed by atoms with Gasteiger partial charge in [0.25, 0.3) is 0 Å². The quantitative estimate of drug-likeness (QED) is 0.0993. The molecule has 0 aromatic carbocycles. The molecular formula is C16H38N8Na2O8. The number of hydrogen-bond acceptors (Lipinski definition) is 14. The number of aliphatic carboxylic acids is 4. The van der Waals surface area contributed by atoms with Crippen LogP contribution in [0.2, 0.25) is 0 Å². The maximum absolute atomic E-state index is 10.5. The average molecular weight is 517 g/mol. The van der Waals surface area contributed by atoms with E-state index in [1.165, 1.54) is 0 Å². The summed E-state index contributed by atoms with van der Waals surface area (Å²) in [7, 11) is 0. The van der Waals surface area contributed by atoms with Crippen LogP contribution < -0.4 is 104 Å². The number of hydrogen-bond donors (Lipinski definition) is 8. The number of rotatable bonds is 14. The standard InChI is InChI=1S/C10H16N2O8.3C2H8N2.2Na/c13-7(14)3-11(4-8(15)16)1-2-12(5-9(17)18)6-10(19)20;3*3-1-2-4;;/h1-6H2,(H,13,14)(H,15,16)(H,17,18)(H,19,20);3*1-4H2;;/q;;;;2*+1/p-2. The van der Waals surface area contributed by atoms with Crippen molar-refractivity contribution in [1.29, 1.82) is 0 Å². The minimum Gasteiger partial charge on any atom is -0.549 e. The van der Waals surface area contributed by atoms with Gasteiger partial charge in [-0.05, 0) is 0 Å². The van der Waals surface area contributed by atoms with Crippen molar-refractivity contribution in [3.63, 3.8) is 0 Å². The summed E-state index contributed by atoms with van der Waals surface area (Å²) in [5.74, 6) is -5.52. The molecule has 0 aromatic rings. The summed E-state index contributed by atoms with van der Waals surface area (Å²) in [4.78, 5) is 43.9. The first-order valence-electron chi connectivity index (χ1n) is 9.43. The topological polar surface area (TPSA) is 317 Å². The second-order valence-electron chi connectivity index (χ2n) is 5.68. The predicted octanol–water partition coefficient (Wildman–Crippen LogP) is -14.0. The van der Waals surface area contributed by atoms with E-state index in [0.717, 1.165) is 9.80 Å². The van der Waals surface area contributed by atoms with Gasteiger partial charge in [-0.2, -0.15) is 0 Å². The van der Waals surface area contributed by atoms with Crippen molar-refractivity contribution in [2.45, 2.75) is 0 Å². The van der Waals surface area contributed by atoms with Crippen molar-refractivity contribution >= 4 is 23.9 Å². The van der Waals surface area contributed by atoms with Crippen molar-refractivity contribution in [1.82, 2.24) is 9.80 Å². The Labute approximate surface area is 243 Å². The maximum Gasteiger partial charge on any atom is 1.00 e. The van der Waals surface area contributed by atoms with Crippen molar-refractivity contribution < 1.29 is 98.7 Å². The Kier molecular flexibility index (Phi) is 51.1. The third-order valence-corrected chi connectivity index (χ3v) is 2.66. The summed E-state index contributed by atoms with van der Waals surface area (Å²) in [5, 5.41) is 38.0. The van der Waals surface area contributed by atoms with Crippen LogP contribution in [0.5, 0.6) is 0 Å². The number of nitrogens with two attached hydrogens (primary N) is 6. The molecule has 0 atom stereocenters. The van der Waals surface area contributed by atoms with Crippen molar-refractivity contribution in [3.8, 4) is 0 Å². The molecule has 18 heteroatoms. The van der Waals surface area contributed by atoms with Crippen LogP contribution >= 0.6 is 0 Å². The molecule has 16 nitrogen and oxygen atoms in total. The van der Waals surface area contributed by atoms with E-state index in [1.54, 1.807) is 0 Å². The molecule has 0 radical (unpaired) electrons. The van der Waals surface area contributed by atoms with E-state index in [2.05, 4.69) is 0 Å². The van der Waals surface area contributed by atoms with Gasteiger partial charge in [-0.15, -0.1) is 0 Å². The Morgan fingerprint density at radius 1 is 0.529 bits per heavy atom. The van der Waals surface area contributed by atoms with Crippen LogP contribution in [-0.2, 0) is 19.2 Å². The zero-order chi connectivity index (χ0) is 25.9. The van der Waals surface area contributed by atoms with Crippen molar-refractivity contribution in [2.24, 2.45) is 34.4 Å². The fourth-order valence-electron chi connectivity index (χ4n) is 1.46. The molecule has 0 saturated heterocycles. The molecule has 0 amide bonds. The second kappa shape index (κ2) is 37.1. The molecule has 0 fully saturated rings. The largest absolute Gasteiger partial charge is 1.00 e. The van der Waals surface area contributed by atoms with Crippen molar-refractivity contribution in [3.05, 3.63) is 0 Å². The molecule has 0 spiro atoms. The molecular weight excluding hydrogens is 478 g/mol. The first-order chi connectivity index (χ1) is 14.9. The molecule has 0 saturated carbocycles. The molecule has 0 bridgehead atoms. The third-order valence-electron chi connectivity index (χ3n) is 2.66. The average Bonchev–Trinajstić information content (AvgIpc) is 2.70. The van der Waals surface area contributed by atoms with Crippen LogP contribution in [0.3, 0.4) is 0 Å². The third kappa shape index (κ3) is 53.1. The van der Waals surface area contributed by atoms with Crippen LogP contribution in [0.1, 0.15) is 0 Å². The van der Waals surface area contributed by atoms with E-state index in [9.17, 15) is 29.4 Å². The molecule has 14 N–H and O–H groups in total. The number of carboxylic acids is 4. The molecule has 0 unspecified atom stereocenters. The van der Waals surface area contributed by atoms with E-state index >= 15 is 0 Å². The fourth-order valence-corrected chi connectivity index (χ4v) is 1.46. The van der Waals surface area contributed by atoms with Gasteiger partial charge >= 0.3 is 71.1 Å². The smallest absolute Gasteiger partial charge is 0.549 e. The summed E-state index contributed by atoms with van der Waals surface area (Å²) >= 11 is 0. The summed E-state index contributed by atoms with van der Waals surface area (Å²) in [6, 6.07) is 0. The normalized spacial score (nSPS) is 8.94. The van der Waals surface area contributed by atoms with Gasteiger partial charge in [0, 0.05) is 65.4 Å². The second-order valence-corrected chi connectivity index (χ2v) is 5.68. The summed E-state index contributed by atoms with van der Waals surface area (Å²) in [6.45, 7) is 0.833. The minimum atomic E-state index is -1.51. The number of carbonyl (C=O) groups is 4. The van der Waals surface area contributed by atoms with Crippen molar-refractivity contribution in [2.75, 3.05) is 78.5 Å². The molecule has 0 heterocycles. The Hall–Kier alpha value is -0.440. The van der Waals surface area contributed by atoms with E-state index in [1.807, 2.05) is 0 Å². The van der Waals surface area contributed by atoms with Crippen LogP contribution in [0.15, 0.2) is 0 Å². The predicted molar refractivity (Wildman–Crippen MR) is 112 cm³/mol. The molecule has 0 aromatic heterocycles. The van der Waals surface area contributed by atoms with Crippen LogP contribution in [0.4, 0.5) is 0 Å². The fraction of sp³-hybridized carbons (Fsp3) is 0.750. The molecule has 192 valence electrons. The van der Waals surface area contributed by atoms with Gasteiger partial charge in [0.15, 0.2) is 0 Å². The summed E-state index contributed by atoms with van der Waals surface area (Å²) in [6.07, 6.45) is 0. The Morgan fingerprint density at radius 3 is 0.882 bits per heavy atom. The van der Waals surface area contributed by atoms with Gasteiger partial charge in [-0.3, -0.25) is 19.4 Å². The Morgan fingerprint density at radius 2 is 0.735 bits per heavy atom. The van der Waals surface area contributed by atoms with E-state index < -0.39 is 50.1 Å². The van der Waals surface area contributed by atoms with Crippen LogP contribution in [-0.4, -0.2) is 122 Å². The van der Waals surface area contributed by atoms with Gasteiger partial charge in [0.05, 0.1) is 25.0 Å². The molecule has 34 heavy (non-hydrogen) atoms. The van der Waals surface area contributed by atoms with Gasteiger partial charge in [-0.25, -0.2) is 0 Å². The zero-order valence-corrected chi connectivity index (χ0v) is 24.2. The molecule has 0 rings (SSSR count). The minimum absolute atomic E-state index is 0. The zero-order valence-electron chi connectivity index (χ0n) is 20.2. The number of carbonyl (C=O) groups excluding carboxylic acids is 2. The Balaban J connectivity index is -0.000000116. The van der Waals surface area contributed by atoms with E-state index in [-0.39, 0.29) is 72.2 Å². The summed E-state index contributed by atoms with van der Waals surface area (Å²) < 4.78 is 0. The SMILES string of the molecule is NCCN.NCCN.NCCN.O=C([O-])CN(CCN(CC(=O)O)CC(=O)O)CC(=O)[O-].[Na+].[Na+]. The molecule has 0 aliphatic rings. The summed E-state index contributed by atoms with van der Waals surface area (Å²) in [5.41, 5.74) is 29.4. The number of carboxylic acid groups (broad SMARTS) is 4. The maximum atomic E-state index is 10.5. The number of nitrogens with zero attached hydrogens (tertiary/aromatic N) is 2. The van der Waals surface area contributed by atoms with Gasteiger partial charge in [0.2, 0.25) is 0 Å². The van der Waals surface area contributed by atoms with Gasteiger partial charge in [0.1, 0.15) is 0 Å². The van der Waals surface area contributed by atoms with Crippen LogP contribution in [0.25, 0.3) is 0 Å². The molecule has 0 aliphatic heterocycles. The van der Waals surface area contributed by atoms with E-state index in [4.69, 9.17) is 44.6 Å². The van der Waals surface area contributed by atoms with E-state index in [0.29, 0.717) is 39.3 Å². The van der Waals surface area contributed by atoms with Gasteiger partial charge in [-0.1, -0.05) is 0 Å². The first kappa shape index (κ1) is 46.8. The van der Waals surface area contributed by atoms with Gasteiger partial charge < -0.3 is 64.4 Å². The monoisotopic (exact) mass is 516 g/mol. The molecule has 0 aliphatic carbocycles. The Bertz CT molecular complexity index is 412. The first-order valence-corrected chi connectivity index (χ1v) is 9.43.